The van der Waals surface area contributed by atoms with Crippen molar-refractivity contribution in [3.8, 4) is 0 Å². The first-order chi connectivity index (χ1) is 9.06. The summed E-state index contributed by atoms with van der Waals surface area (Å²) in [5, 5.41) is 12.1. The maximum Gasteiger partial charge on any atom is 0.323 e. The molecular weight excluding hydrogens is 250 g/mol. The predicted molar refractivity (Wildman–Crippen MR) is 70.1 cm³/mol. The number of hydrogen-bond donors (Lipinski definition) is 2. The maximum absolute atomic E-state index is 12.3. The summed E-state index contributed by atoms with van der Waals surface area (Å²) in [6.45, 7) is 2.10. The Bertz CT molecular complexity index is 305. The monoisotopic (exact) mass is 273 g/mol. The van der Waals surface area contributed by atoms with E-state index in [1.165, 1.54) is 12.0 Å². The molecule has 0 aromatic heterocycles. The first-order valence-corrected chi connectivity index (χ1v) is 6.49. The van der Waals surface area contributed by atoms with Gasteiger partial charge in [-0.1, -0.05) is 0 Å². The lowest BCUT2D eigenvalue weighted by molar-refractivity contribution is -0.137. The topological polar surface area (TPSA) is 82.1 Å². The second kappa shape index (κ2) is 7.96. The van der Waals surface area contributed by atoms with Crippen LogP contribution in [0.2, 0.25) is 0 Å². The molecule has 2 N–H and O–H groups in total. The van der Waals surface area contributed by atoms with Crippen LogP contribution in [0, 0.1) is 0 Å². The molecular formula is C12H23N3O4. The van der Waals surface area contributed by atoms with Gasteiger partial charge in [0.15, 0.2) is 0 Å². The number of methoxy groups -OCH3 is 1. The Hall–Kier alpha value is -1.34. The molecule has 0 saturated carbocycles. The molecule has 0 radical (unpaired) electrons. The summed E-state index contributed by atoms with van der Waals surface area (Å²) in [5.41, 5.74) is 0. The lowest BCUT2D eigenvalue weighted by atomic mass is 10.1. The third kappa shape index (κ3) is 5.04. The van der Waals surface area contributed by atoms with Gasteiger partial charge in [0.2, 0.25) is 0 Å². The molecule has 7 heteroatoms. The highest BCUT2D eigenvalue weighted by atomic mass is 16.5. The summed E-state index contributed by atoms with van der Waals surface area (Å²) >= 11 is 0. The van der Waals surface area contributed by atoms with Gasteiger partial charge in [-0.2, -0.15) is 0 Å². The highest BCUT2D eigenvalue weighted by Crippen LogP contribution is 2.12. The van der Waals surface area contributed by atoms with Crippen molar-refractivity contribution in [2.24, 2.45) is 0 Å². The van der Waals surface area contributed by atoms with Crippen LogP contribution >= 0.6 is 0 Å². The van der Waals surface area contributed by atoms with Crippen LogP contribution in [0.1, 0.15) is 12.8 Å². The summed E-state index contributed by atoms with van der Waals surface area (Å²) in [6.07, 6.45) is 1.79. The summed E-state index contributed by atoms with van der Waals surface area (Å²) in [4.78, 5) is 26.1. The third-order valence-corrected chi connectivity index (χ3v) is 3.32. The Morgan fingerprint density at radius 2 is 2.00 bits per heavy atom. The molecule has 0 bridgehead atoms. The van der Waals surface area contributed by atoms with E-state index in [-0.39, 0.29) is 25.2 Å². The number of carboxylic acids is 1. The average Bonchev–Trinajstić information content (AvgIpc) is 2.42. The van der Waals surface area contributed by atoms with Crippen LogP contribution in [0.25, 0.3) is 0 Å². The number of ether oxygens (including phenoxy) is 1. The number of piperidine rings is 1. The van der Waals surface area contributed by atoms with E-state index in [1.807, 2.05) is 0 Å². The fourth-order valence-electron chi connectivity index (χ4n) is 2.18. The van der Waals surface area contributed by atoms with E-state index in [4.69, 9.17) is 9.84 Å². The van der Waals surface area contributed by atoms with Crippen molar-refractivity contribution in [2.75, 3.05) is 46.9 Å². The molecule has 0 unspecified atom stereocenters. The zero-order chi connectivity index (χ0) is 14.3. The Labute approximate surface area is 113 Å². The summed E-state index contributed by atoms with van der Waals surface area (Å²) < 4.78 is 4.91. The number of aliphatic carboxylic acids is 1. The number of nitrogens with zero attached hydrogens (tertiary/aromatic N) is 2. The van der Waals surface area contributed by atoms with Gasteiger partial charge in [-0.05, 0) is 25.9 Å². The Kier molecular flexibility index (Phi) is 6.58. The van der Waals surface area contributed by atoms with Crippen LogP contribution in [0.4, 0.5) is 4.79 Å². The van der Waals surface area contributed by atoms with Gasteiger partial charge in [-0.25, -0.2) is 4.79 Å². The quantitative estimate of drug-likeness (QED) is 0.702. The molecule has 0 spiro atoms. The molecule has 0 atom stereocenters. The minimum atomic E-state index is -1.01. The van der Waals surface area contributed by atoms with Crippen molar-refractivity contribution < 1.29 is 19.4 Å². The van der Waals surface area contributed by atoms with E-state index < -0.39 is 5.97 Å². The second-order valence-corrected chi connectivity index (χ2v) is 4.68. The molecule has 1 fully saturated rings. The third-order valence-electron chi connectivity index (χ3n) is 3.32. The van der Waals surface area contributed by atoms with E-state index in [2.05, 4.69) is 5.32 Å². The largest absolute Gasteiger partial charge is 0.480 e. The Morgan fingerprint density at radius 3 is 2.53 bits per heavy atom. The standard InChI is InChI=1S/C12H23N3O4/c1-14(10-3-5-13-6-4-10)12(18)15(7-8-19-2)9-11(16)17/h10,13H,3-9H2,1-2H3,(H,16,17). The maximum atomic E-state index is 12.3. The van der Waals surface area contributed by atoms with Gasteiger partial charge in [0, 0.05) is 26.7 Å². The fraction of sp³-hybridized carbons (Fsp3) is 0.833. The number of carbonyl (C=O) groups is 2. The van der Waals surface area contributed by atoms with E-state index in [1.54, 1.807) is 11.9 Å². The molecule has 110 valence electrons. The molecule has 0 aromatic rings. The van der Waals surface area contributed by atoms with Crippen molar-refractivity contribution >= 4 is 12.0 Å². The van der Waals surface area contributed by atoms with Crippen molar-refractivity contribution in [2.45, 2.75) is 18.9 Å². The van der Waals surface area contributed by atoms with E-state index in [9.17, 15) is 9.59 Å². The van der Waals surface area contributed by atoms with Crippen molar-refractivity contribution in [3.05, 3.63) is 0 Å². The molecule has 1 aliphatic rings. The number of amides is 2. The number of carbonyl (C=O) groups excluding carboxylic acids is 1. The predicted octanol–water partition coefficient (Wildman–Crippen LogP) is -0.177. The second-order valence-electron chi connectivity index (χ2n) is 4.68. The first-order valence-electron chi connectivity index (χ1n) is 6.49. The summed E-state index contributed by atoms with van der Waals surface area (Å²) in [6, 6.07) is -0.0704. The van der Waals surface area contributed by atoms with Crippen LogP contribution in [0.15, 0.2) is 0 Å². The van der Waals surface area contributed by atoms with Crippen molar-refractivity contribution in [1.29, 1.82) is 0 Å². The average molecular weight is 273 g/mol. The van der Waals surface area contributed by atoms with Crippen LogP contribution in [-0.4, -0.2) is 79.9 Å². The van der Waals surface area contributed by atoms with Crippen molar-refractivity contribution in [1.82, 2.24) is 15.1 Å². The molecule has 1 aliphatic heterocycles. The van der Waals surface area contributed by atoms with Crippen LogP contribution < -0.4 is 5.32 Å². The number of carboxylic acid groups (broad SMARTS) is 1. The highest BCUT2D eigenvalue weighted by molar-refractivity contribution is 5.80. The molecule has 1 rings (SSSR count). The van der Waals surface area contributed by atoms with Gasteiger partial charge in [-0.3, -0.25) is 4.79 Å². The number of urea groups is 1. The van der Waals surface area contributed by atoms with E-state index in [0.717, 1.165) is 25.9 Å². The molecule has 2 amide bonds. The summed E-state index contributed by atoms with van der Waals surface area (Å²) in [5.74, 6) is -1.01. The molecule has 1 heterocycles. The van der Waals surface area contributed by atoms with E-state index in [0.29, 0.717) is 6.61 Å². The van der Waals surface area contributed by atoms with E-state index >= 15 is 0 Å². The van der Waals surface area contributed by atoms with Gasteiger partial charge in [0.25, 0.3) is 0 Å². The summed E-state index contributed by atoms with van der Waals surface area (Å²) in [7, 11) is 3.26. The molecule has 0 aromatic carbocycles. The normalized spacial score (nSPS) is 16.1. The van der Waals surface area contributed by atoms with Gasteiger partial charge in [-0.15, -0.1) is 0 Å². The zero-order valence-electron chi connectivity index (χ0n) is 11.6. The fourth-order valence-corrected chi connectivity index (χ4v) is 2.18. The lowest BCUT2D eigenvalue weighted by Gasteiger charge is -2.35. The molecule has 1 saturated heterocycles. The first kappa shape index (κ1) is 15.7. The molecule has 7 nitrogen and oxygen atoms in total. The van der Waals surface area contributed by atoms with Gasteiger partial charge in [0.05, 0.1) is 6.61 Å². The Morgan fingerprint density at radius 1 is 1.37 bits per heavy atom. The lowest BCUT2D eigenvalue weighted by Crippen LogP contribution is -2.51. The van der Waals surface area contributed by atoms with Gasteiger partial charge in [0.1, 0.15) is 6.54 Å². The van der Waals surface area contributed by atoms with Gasteiger partial charge >= 0.3 is 12.0 Å². The van der Waals surface area contributed by atoms with Crippen molar-refractivity contribution in [3.63, 3.8) is 0 Å². The molecule has 0 aliphatic carbocycles. The minimum absolute atomic E-state index is 0.174. The van der Waals surface area contributed by atoms with Crippen LogP contribution in [-0.2, 0) is 9.53 Å². The Balaban J connectivity index is 2.59. The number of rotatable bonds is 6. The van der Waals surface area contributed by atoms with Gasteiger partial charge < -0.3 is 25.0 Å². The smallest absolute Gasteiger partial charge is 0.323 e. The number of nitrogens with one attached hydrogen (secondary N) is 1. The van der Waals surface area contributed by atoms with Crippen LogP contribution in [0.3, 0.4) is 0 Å². The SMILES string of the molecule is COCCN(CC(=O)O)C(=O)N(C)C1CCNCC1. The zero-order valence-corrected chi connectivity index (χ0v) is 11.6. The highest BCUT2D eigenvalue weighted by Gasteiger charge is 2.26. The minimum Gasteiger partial charge on any atom is -0.480 e. The number of hydrogen-bond acceptors (Lipinski definition) is 4. The molecule has 19 heavy (non-hydrogen) atoms. The van der Waals surface area contributed by atoms with Crippen LogP contribution in [0.5, 0.6) is 0 Å².